The quantitative estimate of drug-likeness (QED) is 0.289. The largest absolute Gasteiger partial charge is 0.497 e. The average molecular weight is 415 g/mol. The van der Waals surface area contributed by atoms with Crippen LogP contribution in [-0.2, 0) is 4.79 Å². The molecule has 0 aliphatic heterocycles. The smallest absolute Gasteiger partial charge is 0.270 e. The van der Waals surface area contributed by atoms with Crippen LogP contribution in [0.15, 0.2) is 72.8 Å². The first-order valence-electron chi connectivity index (χ1n) is 9.27. The van der Waals surface area contributed by atoms with E-state index >= 15 is 0 Å². The lowest BCUT2D eigenvalue weighted by atomic mass is 10.2. The fraction of sp³-hybridized carbons (Fsp3) is 0.0455. The number of methoxy groups -OCH3 is 1. The predicted molar refractivity (Wildman–Crippen MR) is 116 cm³/mol. The van der Waals surface area contributed by atoms with Crippen molar-refractivity contribution in [2.75, 3.05) is 12.4 Å². The van der Waals surface area contributed by atoms with Gasteiger partial charge in [-0.3, -0.25) is 14.9 Å². The van der Waals surface area contributed by atoms with Crippen molar-refractivity contribution in [3.63, 3.8) is 0 Å². The molecule has 0 unspecified atom stereocenters. The van der Waals surface area contributed by atoms with Crippen LogP contribution < -0.4 is 10.1 Å². The van der Waals surface area contributed by atoms with Crippen molar-refractivity contribution < 1.29 is 14.5 Å². The molecular formula is C22H17N5O4. The minimum absolute atomic E-state index is 0.0343. The molecule has 0 aliphatic carbocycles. The number of nitrogens with one attached hydrogen (secondary N) is 1. The van der Waals surface area contributed by atoms with Crippen molar-refractivity contribution in [3.05, 3.63) is 88.5 Å². The van der Waals surface area contributed by atoms with Crippen LogP contribution in [-0.4, -0.2) is 32.9 Å². The van der Waals surface area contributed by atoms with E-state index < -0.39 is 4.92 Å². The molecule has 1 aromatic heterocycles. The third-order valence-electron chi connectivity index (χ3n) is 4.46. The highest BCUT2D eigenvalue weighted by molar-refractivity contribution is 6.02. The Balaban J connectivity index is 1.48. The standard InChI is InChI=1S/C22H17N5O4/c1-31-19-9-7-17(8-10-19)26-24-20-11-6-16(14-21(20)25-26)23-22(28)12-5-15-3-2-4-18(13-15)27(29)30/h2-14H,1H3,(H,23,28)/b12-5+. The molecule has 1 N–H and O–H groups in total. The Bertz CT molecular complexity index is 1300. The van der Waals surface area contributed by atoms with Crippen LogP contribution in [0.25, 0.3) is 22.8 Å². The molecule has 154 valence electrons. The van der Waals surface area contributed by atoms with E-state index in [0.29, 0.717) is 22.3 Å². The lowest BCUT2D eigenvalue weighted by Crippen LogP contribution is -2.07. The van der Waals surface area contributed by atoms with Crippen molar-refractivity contribution in [2.45, 2.75) is 0 Å². The number of nitrogens with zero attached hydrogens (tertiary/aromatic N) is 4. The molecular weight excluding hydrogens is 398 g/mol. The summed E-state index contributed by atoms with van der Waals surface area (Å²) in [7, 11) is 1.60. The second-order valence-corrected chi connectivity index (χ2v) is 6.57. The molecule has 0 saturated carbocycles. The lowest BCUT2D eigenvalue weighted by molar-refractivity contribution is -0.384. The molecule has 0 aliphatic rings. The van der Waals surface area contributed by atoms with E-state index in [4.69, 9.17) is 4.74 Å². The summed E-state index contributed by atoms with van der Waals surface area (Å²) in [5, 5.41) is 22.5. The summed E-state index contributed by atoms with van der Waals surface area (Å²) < 4.78 is 5.16. The van der Waals surface area contributed by atoms with E-state index in [0.717, 1.165) is 11.4 Å². The van der Waals surface area contributed by atoms with Gasteiger partial charge in [-0.25, -0.2) is 0 Å². The normalized spacial score (nSPS) is 11.0. The van der Waals surface area contributed by atoms with Crippen LogP contribution in [0.3, 0.4) is 0 Å². The van der Waals surface area contributed by atoms with Gasteiger partial charge >= 0.3 is 0 Å². The molecule has 9 heteroatoms. The van der Waals surface area contributed by atoms with Gasteiger partial charge in [-0.1, -0.05) is 12.1 Å². The zero-order valence-electron chi connectivity index (χ0n) is 16.4. The van der Waals surface area contributed by atoms with Crippen LogP contribution in [0.1, 0.15) is 5.56 Å². The number of carbonyl (C=O) groups is 1. The third-order valence-corrected chi connectivity index (χ3v) is 4.46. The van der Waals surface area contributed by atoms with Crippen LogP contribution in [0, 0.1) is 10.1 Å². The second-order valence-electron chi connectivity index (χ2n) is 6.57. The van der Waals surface area contributed by atoms with Crippen LogP contribution in [0.2, 0.25) is 0 Å². The van der Waals surface area contributed by atoms with Crippen LogP contribution >= 0.6 is 0 Å². The third kappa shape index (κ3) is 4.56. The monoisotopic (exact) mass is 415 g/mol. The van der Waals surface area contributed by atoms with Crippen molar-refractivity contribution in [2.24, 2.45) is 0 Å². The van der Waals surface area contributed by atoms with Gasteiger partial charge in [-0.15, -0.1) is 10.2 Å². The van der Waals surface area contributed by atoms with Gasteiger partial charge in [0.1, 0.15) is 16.8 Å². The maximum absolute atomic E-state index is 12.2. The summed E-state index contributed by atoms with van der Waals surface area (Å²) in [6, 6.07) is 18.6. The van der Waals surface area contributed by atoms with Gasteiger partial charge in [0, 0.05) is 23.9 Å². The van der Waals surface area contributed by atoms with Crippen molar-refractivity contribution in [1.82, 2.24) is 15.0 Å². The summed E-state index contributed by atoms with van der Waals surface area (Å²) in [4.78, 5) is 24.1. The number of benzene rings is 3. The van der Waals surface area contributed by atoms with Gasteiger partial charge in [0.15, 0.2) is 0 Å². The van der Waals surface area contributed by atoms with Gasteiger partial charge < -0.3 is 10.1 Å². The van der Waals surface area contributed by atoms with E-state index in [9.17, 15) is 14.9 Å². The Morgan fingerprint density at radius 1 is 1.06 bits per heavy atom. The summed E-state index contributed by atoms with van der Waals surface area (Å²) in [6.07, 6.45) is 2.83. The first-order chi connectivity index (χ1) is 15.0. The number of nitro benzene ring substituents is 1. The first kappa shape index (κ1) is 19.8. The van der Waals surface area contributed by atoms with E-state index in [2.05, 4.69) is 15.5 Å². The minimum atomic E-state index is -0.480. The van der Waals surface area contributed by atoms with Crippen molar-refractivity contribution in [1.29, 1.82) is 0 Å². The maximum Gasteiger partial charge on any atom is 0.270 e. The topological polar surface area (TPSA) is 112 Å². The molecule has 0 fully saturated rings. The Kier molecular flexibility index (Phi) is 5.39. The molecule has 1 amide bonds. The summed E-state index contributed by atoms with van der Waals surface area (Å²) in [6.45, 7) is 0. The highest BCUT2D eigenvalue weighted by Crippen LogP contribution is 2.19. The molecule has 9 nitrogen and oxygen atoms in total. The molecule has 0 atom stereocenters. The molecule has 4 rings (SSSR count). The summed E-state index contributed by atoms with van der Waals surface area (Å²) >= 11 is 0. The Labute approximate surface area is 176 Å². The Morgan fingerprint density at radius 3 is 2.58 bits per heavy atom. The lowest BCUT2D eigenvalue weighted by Gasteiger charge is -2.01. The summed E-state index contributed by atoms with van der Waals surface area (Å²) in [5.74, 6) is 0.372. The number of rotatable bonds is 6. The number of anilines is 1. The van der Waals surface area contributed by atoms with E-state index in [1.807, 2.05) is 24.3 Å². The van der Waals surface area contributed by atoms with Crippen LogP contribution in [0.5, 0.6) is 5.75 Å². The minimum Gasteiger partial charge on any atom is -0.497 e. The molecule has 4 aromatic rings. The fourth-order valence-electron chi connectivity index (χ4n) is 2.92. The molecule has 31 heavy (non-hydrogen) atoms. The highest BCUT2D eigenvalue weighted by atomic mass is 16.6. The zero-order chi connectivity index (χ0) is 21.8. The Hall–Kier alpha value is -4.53. The molecule has 0 spiro atoms. The number of non-ortho nitro benzene ring substituents is 1. The second kappa shape index (κ2) is 8.46. The van der Waals surface area contributed by atoms with Crippen molar-refractivity contribution in [3.8, 4) is 11.4 Å². The number of hydrogen-bond acceptors (Lipinski definition) is 6. The fourth-order valence-corrected chi connectivity index (χ4v) is 2.92. The number of aromatic nitrogens is 3. The molecule has 0 bridgehead atoms. The van der Waals surface area contributed by atoms with Gasteiger partial charge in [-0.05, 0) is 54.1 Å². The SMILES string of the molecule is COc1ccc(-n2nc3ccc(NC(=O)/C=C/c4cccc([N+](=O)[O-])c4)cc3n2)cc1. The summed E-state index contributed by atoms with van der Waals surface area (Å²) in [5.41, 5.74) is 3.16. The number of carbonyl (C=O) groups excluding carboxylic acids is 1. The number of nitro groups is 1. The number of amides is 1. The van der Waals surface area contributed by atoms with Crippen LogP contribution in [0.4, 0.5) is 11.4 Å². The predicted octanol–water partition coefficient (Wildman–Crippen LogP) is 3.99. The zero-order valence-corrected chi connectivity index (χ0v) is 16.4. The number of fused-ring (bicyclic) bond motifs is 1. The highest BCUT2D eigenvalue weighted by Gasteiger charge is 2.08. The number of ether oxygens (including phenoxy) is 1. The molecule has 1 heterocycles. The van der Waals surface area contributed by atoms with Gasteiger partial charge in [-0.2, -0.15) is 4.80 Å². The van der Waals surface area contributed by atoms with E-state index in [1.54, 1.807) is 37.4 Å². The van der Waals surface area contributed by atoms with Gasteiger partial charge in [0.25, 0.3) is 5.69 Å². The average Bonchev–Trinajstić information content (AvgIpc) is 3.21. The first-order valence-corrected chi connectivity index (χ1v) is 9.27. The number of hydrogen-bond donors (Lipinski definition) is 1. The Morgan fingerprint density at radius 2 is 1.84 bits per heavy atom. The maximum atomic E-state index is 12.2. The van der Waals surface area contributed by atoms with Gasteiger partial charge in [0.2, 0.25) is 5.91 Å². The molecule has 0 saturated heterocycles. The van der Waals surface area contributed by atoms with E-state index in [-0.39, 0.29) is 11.6 Å². The molecule has 3 aromatic carbocycles. The molecule has 0 radical (unpaired) electrons. The van der Waals surface area contributed by atoms with Gasteiger partial charge in [0.05, 0.1) is 17.7 Å². The van der Waals surface area contributed by atoms with Crippen molar-refractivity contribution >= 4 is 34.4 Å². The van der Waals surface area contributed by atoms with E-state index in [1.165, 1.54) is 29.1 Å².